The van der Waals surface area contributed by atoms with Gasteiger partial charge in [0.2, 0.25) is 0 Å². The molecule has 0 saturated carbocycles. The van der Waals surface area contributed by atoms with Gasteiger partial charge in [-0.25, -0.2) is 9.97 Å². The van der Waals surface area contributed by atoms with E-state index in [4.69, 9.17) is 16.6 Å². The Hall–Kier alpha value is -3.22. The highest BCUT2D eigenvalue weighted by molar-refractivity contribution is 6.29. The van der Waals surface area contributed by atoms with Crippen molar-refractivity contribution in [1.29, 1.82) is 0 Å². The number of likely N-dealkylation sites (tertiary alicyclic amines) is 1. The number of carbonyl (C=O) groups excluding carboxylic acids is 1. The second kappa shape index (κ2) is 10.9. The molecule has 0 aliphatic carbocycles. The van der Waals surface area contributed by atoms with Crippen LogP contribution in [0.1, 0.15) is 72.7 Å². The first-order chi connectivity index (χ1) is 20.0. The third kappa shape index (κ3) is 4.95. The van der Waals surface area contributed by atoms with Gasteiger partial charge in [-0.2, -0.15) is 0 Å². The van der Waals surface area contributed by atoms with E-state index in [9.17, 15) is 4.79 Å². The summed E-state index contributed by atoms with van der Waals surface area (Å²) in [4.78, 5) is 27.0. The Kier molecular flexibility index (Phi) is 7.08. The molecule has 41 heavy (non-hydrogen) atoms. The summed E-state index contributed by atoms with van der Waals surface area (Å²) in [6, 6.07) is 24.9. The summed E-state index contributed by atoms with van der Waals surface area (Å²) in [5.41, 5.74) is 4.52. The van der Waals surface area contributed by atoms with Gasteiger partial charge in [0, 0.05) is 43.0 Å². The number of pyridine rings is 1. The van der Waals surface area contributed by atoms with Crippen molar-refractivity contribution >= 4 is 28.5 Å². The van der Waals surface area contributed by atoms with E-state index in [1.54, 1.807) is 18.3 Å². The molecular weight excluding hydrogens is 530 g/mol. The van der Waals surface area contributed by atoms with Gasteiger partial charge >= 0.3 is 0 Å². The number of hydrogen-bond donors (Lipinski definition) is 0. The van der Waals surface area contributed by atoms with Crippen LogP contribution in [0.4, 0.5) is 0 Å². The van der Waals surface area contributed by atoms with Crippen molar-refractivity contribution in [2.75, 3.05) is 19.6 Å². The third-order valence-corrected chi connectivity index (χ3v) is 10.4. The maximum atomic E-state index is 13.3. The molecule has 4 aromatic rings. The van der Waals surface area contributed by atoms with Crippen LogP contribution in [-0.2, 0) is 5.41 Å². The minimum Gasteiger partial charge on any atom is -0.339 e. The monoisotopic (exact) mass is 567 g/mol. The number of para-hydroxylation sites is 2. The van der Waals surface area contributed by atoms with E-state index in [0.717, 1.165) is 50.2 Å². The van der Waals surface area contributed by atoms with Gasteiger partial charge in [-0.1, -0.05) is 54.1 Å². The molecule has 7 rings (SSSR count). The number of piperidine rings is 2. The quantitative estimate of drug-likeness (QED) is 0.240. The summed E-state index contributed by atoms with van der Waals surface area (Å²) < 4.78 is 2.52. The van der Waals surface area contributed by atoms with Crippen LogP contribution in [0.5, 0.6) is 0 Å². The highest BCUT2D eigenvalue weighted by atomic mass is 35.5. The molecule has 3 saturated heterocycles. The molecule has 2 aromatic heterocycles. The van der Waals surface area contributed by atoms with Gasteiger partial charge in [-0.3, -0.25) is 9.69 Å². The topological polar surface area (TPSA) is 54.3 Å². The summed E-state index contributed by atoms with van der Waals surface area (Å²) in [6.07, 6.45) is 9.69. The van der Waals surface area contributed by atoms with Gasteiger partial charge in [0.15, 0.2) is 0 Å². The smallest absolute Gasteiger partial charge is 0.254 e. The Morgan fingerprint density at radius 3 is 2.39 bits per heavy atom. The molecule has 2 aromatic carbocycles. The number of aromatic nitrogens is 3. The van der Waals surface area contributed by atoms with Gasteiger partial charge in [0.1, 0.15) is 11.0 Å². The van der Waals surface area contributed by atoms with E-state index in [0.29, 0.717) is 28.8 Å². The molecule has 0 N–H and O–H groups in total. The fourth-order valence-electron chi connectivity index (χ4n) is 8.12. The lowest BCUT2D eigenvalue weighted by Gasteiger charge is -2.45. The predicted octanol–water partition coefficient (Wildman–Crippen LogP) is 6.83. The first kappa shape index (κ1) is 26.7. The predicted molar refractivity (Wildman–Crippen MR) is 163 cm³/mol. The van der Waals surface area contributed by atoms with Crippen LogP contribution in [0.2, 0.25) is 5.15 Å². The number of fused-ring (bicyclic) bond motifs is 3. The maximum absolute atomic E-state index is 13.3. The van der Waals surface area contributed by atoms with Crippen LogP contribution in [0.3, 0.4) is 0 Å². The Labute approximate surface area is 247 Å². The molecule has 3 aliphatic rings. The van der Waals surface area contributed by atoms with Gasteiger partial charge in [0.05, 0.1) is 11.0 Å². The van der Waals surface area contributed by atoms with Crippen molar-refractivity contribution in [3.8, 4) is 0 Å². The SMILES string of the molecule is Cc1nc2ccccc2n1[C@H]1C[C@H]2CC[C@@H](C1)N2CCC1(c2ccccc2)CCN(C(=O)c2ccnc(Cl)c2)CC1. The van der Waals surface area contributed by atoms with Crippen LogP contribution in [0.15, 0.2) is 72.9 Å². The van der Waals surface area contributed by atoms with Crippen LogP contribution in [0.25, 0.3) is 11.0 Å². The van der Waals surface area contributed by atoms with E-state index < -0.39 is 0 Å². The zero-order valence-corrected chi connectivity index (χ0v) is 24.5. The Bertz CT molecular complexity index is 1530. The number of rotatable bonds is 6. The molecule has 1 amide bonds. The maximum Gasteiger partial charge on any atom is 0.254 e. The lowest BCUT2D eigenvalue weighted by atomic mass is 9.70. The fraction of sp³-hybridized carbons (Fsp3) is 0.441. The van der Waals surface area contributed by atoms with E-state index in [2.05, 4.69) is 76.0 Å². The van der Waals surface area contributed by atoms with Crippen LogP contribution >= 0.6 is 11.6 Å². The molecule has 3 atom stereocenters. The Morgan fingerprint density at radius 2 is 1.66 bits per heavy atom. The zero-order chi connectivity index (χ0) is 28.0. The van der Waals surface area contributed by atoms with E-state index in [1.165, 1.54) is 36.8 Å². The van der Waals surface area contributed by atoms with E-state index in [1.807, 2.05) is 4.90 Å². The van der Waals surface area contributed by atoms with Crippen molar-refractivity contribution in [2.24, 2.45) is 0 Å². The molecule has 3 aliphatic heterocycles. The number of hydrogen-bond acceptors (Lipinski definition) is 4. The Balaban J connectivity index is 1.06. The van der Waals surface area contributed by atoms with Gasteiger partial charge in [-0.15, -0.1) is 0 Å². The van der Waals surface area contributed by atoms with Crippen molar-refractivity contribution in [3.63, 3.8) is 0 Å². The summed E-state index contributed by atoms with van der Waals surface area (Å²) in [6.45, 7) is 4.80. The molecule has 212 valence electrons. The minimum absolute atomic E-state index is 0.0541. The molecular formula is C34H38ClN5O. The number of carbonyl (C=O) groups is 1. The number of halogens is 1. The van der Waals surface area contributed by atoms with Gasteiger partial charge < -0.3 is 9.47 Å². The fourth-order valence-corrected chi connectivity index (χ4v) is 8.29. The van der Waals surface area contributed by atoms with Crippen molar-refractivity contribution < 1.29 is 4.79 Å². The molecule has 0 radical (unpaired) electrons. The number of benzene rings is 2. The van der Waals surface area contributed by atoms with Crippen LogP contribution in [-0.4, -0.2) is 62.0 Å². The number of amides is 1. The van der Waals surface area contributed by atoms with Crippen molar-refractivity contribution in [3.05, 3.63) is 95.0 Å². The van der Waals surface area contributed by atoms with Crippen LogP contribution in [0, 0.1) is 6.92 Å². The van der Waals surface area contributed by atoms with E-state index >= 15 is 0 Å². The van der Waals surface area contributed by atoms with Gasteiger partial charge in [0.25, 0.3) is 5.91 Å². The van der Waals surface area contributed by atoms with E-state index in [-0.39, 0.29) is 11.3 Å². The first-order valence-corrected chi connectivity index (χ1v) is 15.5. The third-order valence-electron chi connectivity index (χ3n) is 10.2. The highest BCUT2D eigenvalue weighted by Crippen LogP contribution is 2.45. The lowest BCUT2D eigenvalue weighted by Crippen LogP contribution is -2.49. The van der Waals surface area contributed by atoms with Crippen LogP contribution < -0.4 is 0 Å². The summed E-state index contributed by atoms with van der Waals surface area (Å²) in [7, 11) is 0. The molecule has 0 unspecified atom stereocenters. The average Bonchev–Trinajstić information content (AvgIpc) is 3.46. The van der Waals surface area contributed by atoms with Crippen molar-refractivity contribution in [2.45, 2.75) is 75.4 Å². The number of nitrogens with zero attached hydrogens (tertiary/aromatic N) is 5. The second-order valence-electron chi connectivity index (χ2n) is 12.3. The molecule has 0 spiro atoms. The molecule has 5 heterocycles. The first-order valence-electron chi connectivity index (χ1n) is 15.2. The highest BCUT2D eigenvalue weighted by Gasteiger charge is 2.44. The zero-order valence-electron chi connectivity index (χ0n) is 23.8. The average molecular weight is 568 g/mol. The normalized spacial score (nSPS) is 24.1. The molecule has 6 nitrogen and oxygen atoms in total. The molecule has 2 bridgehead atoms. The largest absolute Gasteiger partial charge is 0.339 e. The molecule has 3 fully saturated rings. The summed E-state index contributed by atoms with van der Waals surface area (Å²) >= 11 is 6.08. The van der Waals surface area contributed by atoms with Gasteiger partial charge in [-0.05, 0) is 93.7 Å². The summed E-state index contributed by atoms with van der Waals surface area (Å²) in [5, 5.41) is 0.362. The molecule has 7 heteroatoms. The number of imidazole rings is 1. The number of aryl methyl sites for hydroxylation is 1. The lowest BCUT2D eigenvalue weighted by molar-refractivity contribution is 0.0607. The van der Waals surface area contributed by atoms with Crippen molar-refractivity contribution in [1.82, 2.24) is 24.3 Å². The standard InChI is InChI=1S/C34H38ClN5O/c1-24-37-30-9-5-6-10-31(30)40(24)29-22-27-11-12-28(23-29)39(27)20-16-34(26-7-3-2-4-8-26)14-18-38(19-15-34)33(41)25-13-17-36-32(35)21-25/h2-10,13,17,21,27-29H,11-12,14-16,18-20,22-23H2,1H3/t27-,28+,29+. The summed E-state index contributed by atoms with van der Waals surface area (Å²) in [5.74, 6) is 1.20. The minimum atomic E-state index is 0.0541. The Morgan fingerprint density at radius 1 is 0.951 bits per heavy atom. The second-order valence-corrected chi connectivity index (χ2v) is 12.7.